The molecule has 0 saturated heterocycles. The molecule has 7 heteroatoms. The van der Waals surface area contributed by atoms with Gasteiger partial charge in [0.1, 0.15) is 16.9 Å². The summed E-state index contributed by atoms with van der Waals surface area (Å²) in [6.45, 7) is 2.33. The molecule has 0 aliphatic rings. The highest BCUT2D eigenvalue weighted by molar-refractivity contribution is 9.10. The quantitative estimate of drug-likeness (QED) is 0.471. The van der Waals surface area contributed by atoms with Gasteiger partial charge < -0.3 is 4.57 Å². The summed E-state index contributed by atoms with van der Waals surface area (Å²) in [6, 6.07) is 10.3. The SMILES string of the molecule is CC#CCn1c(Br)nc2cnn(Cc3ccc(F)c4ccccc34)c(=O)c21. The fourth-order valence-electron chi connectivity index (χ4n) is 3.10. The Balaban J connectivity index is 1.86. The van der Waals surface area contributed by atoms with Crippen LogP contribution in [0.1, 0.15) is 12.5 Å². The summed E-state index contributed by atoms with van der Waals surface area (Å²) in [6.07, 6.45) is 1.56. The molecule has 0 spiro atoms. The molecule has 5 nitrogen and oxygen atoms in total. The highest BCUT2D eigenvalue weighted by atomic mass is 79.9. The van der Waals surface area contributed by atoms with Crippen molar-refractivity contribution in [1.82, 2.24) is 19.3 Å². The van der Waals surface area contributed by atoms with Gasteiger partial charge in [0.2, 0.25) is 0 Å². The molecule has 0 atom stereocenters. The fourth-order valence-corrected chi connectivity index (χ4v) is 3.59. The Kier molecular flexibility index (Phi) is 4.50. The van der Waals surface area contributed by atoms with Crippen LogP contribution >= 0.6 is 15.9 Å². The van der Waals surface area contributed by atoms with Crippen LogP contribution in [-0.4, -0.2) is 19.3 Å². The van der Waals surface area contributed by atoms with E-state index in [1.165, 1.54) is 10.7 Å². The van der Waals surface area contributed by atoms with E-state index >= 15 is 0 Å². The van der Waals surface area contributed by atoms with Crippen molar-refractivity contribution in [2.75, 3.05) is 0 Å². The number of fused-ring (bicyclic) bond motifs is 2. The number of hydrogen-bond acceptors (Lipinski definition) is 3. The van der Waals surface area contributed by atoms with Crippen LogP contribution in [0.25, 0.3) is 21.8 Å². The lowest BCUT2D eigenvalue weighted by atomic mass is 10.0. The van der Waals surface area contributed by atoms with Crippen LogP contribution in [0.15, 0.2) is 52.1 Å². The topological polar surface area (TPSA) is 52.7 Å². The number of benzene rings is 2. The fraction of sp³-hybridized carbons (Fsp3) is 0.150. The molecule has 0 aliphatic carbocycles. The normalized spacial score (nSPS) is 10.9. The van der Waals surface area contributed by atoms with E-state index in [2.05, 4.69) is 37.9 Å². The molecule has 2 aromatic carbocycles. The van der Waals surface area contributed by atoms with E-state index in [0.29, 0.717) is 27.7 Å². The van der Waals surface area contributed by atoms with Crippen molar-refractivity contribution < 1.29 is 4.39 Å². The molecule has 2 heterocycles. The third kappa shape index (κ3) is 3.02. The molecule has 0 amide bonds. The lowest BCUT2D eigenvalue weighted by molar-refractivity contribution is 0.631. The van der Waals surface area contributed by atoms with Gasteiger partial charge in [0.05, 0.1) is 19.3 Å². The van der Waals surface area contributed by atoms with Gasteiger partial charge in [0.25, 0.3) is 5.56 Å². The maximum atomic E-state index is 14.1. The predicted molar refractivity (Wildman–Crippen MR) is 106 cm³/mol. The van der Waals surface area contributed by atoms with E-state index in [9.17, 15) is 9.18 Å². The lowest BCUT2D eigenvalue weighted by Gasteiger charge is -2.09. The van der Waals surface area contributed by atoms with E-state index in [0.717, 1.165) is 10.9 Å². The molecule has 27 heavy (non-hydrogen) atoms. The van der Waals surface area contributed by atoms with Crippen molar-refractivity contribution >= 4 is 37.7 Å². The summed E-state index contributed by atoms with van der Waals surface area (Å²) in [5.74, 6) is 5.47. The number of aromatic nitrogens is 4. The zero-order valence-corrected chi connectivity index (χ0v) is 16.0. The van der Waals surface area contributed by atoms with Gasteiger partial charge in [-0.25, -0.2) is 14.1 Å². The van der Waals surface area contributed by atoms with Crippen LogP contribution in [0.3, 0.4) is 0 Å². The molecule has 4 rings (SSSR count). The molecule has 0 N–H and O–H groups in total. The first-order valence-electron chi connectivity index (χ1n) is 8.27. The van der Waals surface area contributed by atoms with Crippen molar-refractivity contribution in [3.05, 3.63) is 69.1 Å². The molecule has 2 aromatic heterocycles. The zero-order chi connectivity index (χ0) is 19.0. The highest BCUT2D eigenvalue weighted by Crippen LogP contribution is 2.22. The third-order valence-corrected chi connectivity index (χ3v) is 5.01. The molecular weight excluding hydrogens is 411 g/mol. The number of rotatable bonds is 3. The van der Waals surface area contributed by atoms with Crippen LogP contribution in [-0.2, 0) is 13.1 Å². The number of halogens is 2. The smallest absolute Gasteiger partial charge is 0.293 e. The Morgan fingerprint density at radius 2 is 1.96 bits per heavy atom. The molecule has 0 saturated carbocycles. The van der Waals surface area contributed by atoms with E-state index in [-0.39, 0.29) is 17.9 Å². The van der Waals surface area contributed by atoms with Gasteiger partial charge in [-0.2, -0.15) is 5.10 Å². The number of nitrogens with zero attached hydrogens (tertiary/aromatic N) is 4. The Morgan fingerprint density at radius 3 is 2.74 bits per heavy atom. The Hall–Kier alpha value is -2.98. The van der Waals surface area contributed by atoms with Gasteiger partial charge in [0.15, 0.2) is 4.73 Å². The third-order valence-electron chi connectivity index (χ3n) is 4.40. The summed E-state index contributed by atoms with van der Waals surface area (Å²) < 4.78 is 17.7. The van der Waals surface area contributed by atoms with Crippen molar-refractivity contribution in [3.8, 4) is 11.8 Å². The first-order chi connectivity index (χ1) is 13.1. The molecule has 0 radical (unpaired) electrons. The highest BCUT2D eigenvalue weighted by Gasteiger charge is 2.15. The minimum atomic E-state index is -0.287. The van der Waals surface area contributed by atoms with Crippen LogP contribution in [0.2, 0.25) is 0 Å². The van der Waals surface area contributed by atoms with Gasteiger partial charge in [-0.1, -0.05) is 36.3 Å². The van der Waals surface area contributed by atoms with Gasteiger partial charge in [-0.05, 0) is 39.9 Å². The average Bonchev–Trinajstić information content (AvgIpc) is 3.00. The van der Waals surface area contributed by atoms with E-state index in [4.69, 9.17) is 0 Å². The Bertz CT molecular complexity index is 1300. The zero-order valence-electron chi connectivity index (χ0n) is 14.4. The van der Waals surface area contributed by atoms with Crippen LogP contribution in [0, 0.1) is 17.7 Å². The standard InChI is InChI=1S/C20H14BrFN4O/c1-2-3-10-25-18-17(24-20(25)21)11-23-26(19(18)27)12-13-8-9-16(22)15-7-5-4-6-14(13)15/h4-9,11H,10,12H2,1H3. The predicted octanol–water partition coefficient (Wildman–Crippen LogP) is 3.72. The summed E-state index contributed by atoms with van der Waals surface area (Å²) in [4.78, 5) is 17.4. The maximum Gasteiger partial charge on any atom is 0.293 e. The number of hydrogen-bond donors (Lipinski definition) is 0. The number of imidazole rings is 1. The van der Waals surface area contributed by atoms with Crippen LogP contribution < -0.4 is 5.56 Å². The first-order valence-corrected chi connectivity index (χ1v) is 9.07. The van der Waals surface area contributed by atoms with Crippen LogP contribution in [0.4, 0.5) is 4.39 Å². The van der Waals surface area contributed by atoms with Crippen molar-refractivity contribution in [3.63, 3.8) is 0 Å². The van der Waals surface area contributed by atoms with Crippen molar-refractivity contribution in [2.45, 2.75) is 20.0 Å². The van der Waals surface area contributed by atoms with Crippen molar-refractivity contribution in [2.24, 2.45) is 0 Å². The summed E-state index contributed by atoms with van der Waals surface area (Å²) in [5.41, 5.74) is 1.49. The van der Waals surface area contributed by atoms with E-state index < -0.39 is 0 Å². The summed E-state index contributed by atoms with van der Waals surface area (Å²) in [7, 11) is 0. The first kappa shape index (κ1) is 17.4. The monoisotopic (exact) mass is 424 g/mol. The minimum absolute atomic E-state index is 0.234. The second-order valence-corrected chi connectivity index (χ2v) is 6.70. The summed E-state index contributed by atoms with van der Waals surface area (Å²) >= 11 is 3.37. The van der Waals surface area contributed by atoms with Crippen molar-refractivity contribution in [1.29, 1.82) is 0 Å². The lowest BCUT2D eigenvalue weighted by Crippen LogP contribution is -2.25. The molecule has 0 bridgehead atoms. The molecule has 0 fully saturated rings. The van der Waals surface area contributed by atoms with Crippen LogP contribution in [0.5, 0.6) is 0 Å². The van der Waals surface area contributed by atoms with Gasteiger partial charge >= 0.3 is 0 Å². The van der Waals surface area contributed by atoms with E-state index in [1.807, 2.05) is 12.1 Å². The van der Waals surface area contributed by atoms with E-state index in [1.54, 1.807) is 35.9 Å². The van der Waals surface area contributed by atoms with Gasteiger partial charge in [-0.3, -0.25) is 4.79 Å². The molecule has 0 aliphatic heterocycles. The summed E-state index contributed by atoms with van der Waals surface area (Å²) in [5, 5.41) is 5.53. The maximum absolute atomic E-state index is 14.1. The second-order valence-electron chi connectivity index (χ2n) is 5.99. The molecule has 0 unspecified atom stereocenters. The second kappa shape index (κ2) is 6.97. The molecule has 4 aromatic rings. The Labute approximate surface area is 162 Å². The Morgan fingerprint density at radius 1 is 1.19 bits per heavy atom. The molecule has 134 valence electrons. The largest absolute Gasteiger partial charge is 0.302 e. The van der Waals surface area contributed by atoms with Gasteiger partial charge in [-0.15, -0.1) is 5.92 Å². The average molecular weight is 425 g/mol. The minimum Gasteiger partial charge on any atom is -0.302 e. The van der Waals surface area contributed by atoms with Gasteiger partial charge in [0, 0.05) is 5.39 Å². The molecular formula is C20H14BrFN4O.